The van der Waals surface area contributed by atoms with Crippen molar-refractivity contribution in [1.29, 1.82) is 0 Å². The van der Waals surface area contributed by atoms with Gasteiger partial charge in [0, 0.05) is 35.8 Å². The summed E-state index contributed by atoms with van der Waals surface area (Å²) in [6.45, 7) is 5.11. The predicted octanol–water partition coefficient (Wildman–Crippen LogP) is 3.35. The average Bonchev–Trinajstić information content (AvgIpc) is 2.89. The predicted molar refractivity (Wildman–Crippen MR) is 92.0 cm³/mol. The Labute approximate surface area is 131 Å². The number of guanidine groups is 1. The fraction of sp³-hybridized carbons (Fsp3) is 0.353. The maximum atomic E-state index is 4.29. The molecule has 0 amide bonds. The van der Waals surface area contributed by atoms with Crippen LogP contribution in [0.15, 0.2) is 47.5 Å². The summed E-state index contributed by atoms with van der Waals surface area (Å²) in [5, 5.41) is 6.79. The molecule has 0 aliphatic heterocycles. The van der Waals surface area contributed by atoms with Crippen molar-refractivity contribution in [2.75, 3.05) is 7.05 Å². The minimum atomic E-state index is 0.352. The molecule has 0 spiro atoms. The zero-order chi connectivity index (χ0) is 15.1. The summed E-state index contributed by atoms with van der Waals surface area (Å²) < 4.78 is 0. The third-order valence-corrected chi connectivity index (χ3v) is 4.24. The summed E-state index contributed by atoms with van der Waals surface area (Å²) in [5.41, 5.74) is 1.25. The Morgan fingerprint density at radius 1 is 1.19 bits per heavy atom. The van der Waals surface area contributed by atoms with E-state index in [-0.39, 0.29) is 0 Å². The second kappa shape index (κ2) is 7.84. The third-order valence-electron chi connectivity index (χ3n) is 3.21. The fourth-order valence-electron chi connectivity index (χ4n) is 2.16. The minimum Gasteiger partial charge on any atom is -0.354 e. The van der Waals surface area contributed by atoms with Gasteiger partial charge in [-0.05, 0) is 31.5 Å². The molecule has 0 saturated heterocycles. The smallest absolute Gasteiger partial charge is 0.191 e. The van der Waals surface area contributed by atoms with Gasteiger partial charge in [-0.2, -0.15) is 0 Å². The molecule has 0 bridgehead atoms. The summed E-state index contributed by atoms with van der Waals surface area (Å²) in [4.78, 5) is 7.06. The molecule has 0 aliphatic rings. The molecule has 2 aromatic rings. The van der Waals surface area contributed by atoms with E-state index < -0.39 is 0 Å². The lowest BCUT2D eigenvalue weighted by Gasteiger charge is -2.17. The topological polar surface area (TPSA) is 36.4 Å². The molecule has 0 fully saturated rings. The maximum Gasteiger partial charge on any atom is 0.191 e. The van der Waals surface area contributed by atoms with Crippen LogP contribution in [0.25, 0.3) is 0 Å². The standard InChI is InChI=1S/C17H23N3S/c1-13(11-16-10-9-14(2)21-16)20-17(18-3)19-12-15-7-5-4-6-8-15/h4-10,13H,11-12H2,1-3H3,(H2,18,19,20). The van der Waals surface area contributed by atoms with E-state index in [1.165, 1.54) is 15.3 Å². The number of nitrogens with one attached hydrogen (secondary N) is 2. The molecule has 0 aliphatic carbocycles. The number of hydrogen-bond donors (Lipinski definition) is 2. The van der Waals surface area contributed by atoms with E-state index in [4.69, 9.17) is 0 Å². The van der Waals surface area contributed by atoms with Crippen LogP contribution in [-0.4, -0.2) is 19.0 Å². The van der Waals surface area contributed by atoms with Crippen molar-refractivity contribution in [2.24, 2.45) is 4.99 Å². The summed E-state index contributed by atoms with van der Waals surface area (Å²) in [7, 11) is 1.81. The third kappa shape index (κ3) is 5.23. The zero-order valence-electron chi connectivity index (χ0n) is 12.9. The Morgan fingerprint density at radius 2 is 1.95 bits per heavy atom. The van der Waals surface area contributed by atoms with Crippen LogP contribution in [0, 0.1) is 6.92 Å². The van der Waals surface area contributed by atoms with E-state index in [0.717, 1.165) is 18.9 Å². The Kier molecular flexibility index (Phi) is 5.81. The summed E-state index contributed by atoms with van der Waals surface area (Å²) in [6, 6.07) is 15.1. The van der Waals surface area contributed by atoms with Crippen molar-refractivity contribution < 1.29 is 0 Å². The summed E-state index contributed by atoms with van der Waals surface area (Å²) >= 11 is 1.86. The molecule has 2 rings (SSSR count). The van der Waals surface area contributed by atoms with Crippen molar-refractivity contribution in [3.63, 3.8) is 0 Å². The first kappa shape index (κ1) is 15.6. The van der Waals surface area contributed by atoms with Gasteiger partial charge < -0.3 is 10.6 Å². The molecule has 21 heavy (non-hydrogen) atoms. The Balaban J connectivity index is 1.81. The van der Waals surface area contributed by atoms with E-state index >= 15 is 0 Å². The fourth-order valence-corrected chi connectivity index (χ4v) is 3.18. The molecule has 0 radical (unpaired) electrons. The molecule has 0 saturated carbocycles. The Hall–Kier alpha value is -1.81. The lowest BCUT2D eigenvalue weighted by atomic mass is 10.2. The van der Waals surface area contributed by atoms with E-state index in [9.17, 15) is 0 Å². The van der Waals surface area contributed by atoms with Gasteiger partial charge in [0.25, 0.3) is 0 Å². The van der Waals surface area contributed by atoms with Gasteiger partial charge in [0.2, 0.25) is 0 Å². The van der Waals surface area contributed by atoms with Crippen LogP contribution in [0.3, 0.4) is 0 Å². The van der Waals surface area contributed by atoms with Crippen molar-refractivity contribution in [3.05, 3.63) is 57.8 Å². The second-order valence-electron chi connectivity index (χ2n) is 5.17. The number of benzene rings is 1. The monoisotopic (exact) mass is 301 g/mol. The van der Waals surface area contributed by atoms with Crippen LogP contribution >= 0.6 is 11.3 Å². The summed E-state index contributed by atoms with van der Waals surface area (Å²) in [6.07, 6.45) is 1.02. The first-order valence-corrected chi connectivity index (χ1v) is 8.05. The highest BCUT2D eigenvalue weighted by molar-refractivity contribution is 7.11. The van der Waals surface area contributed by atoms with Gasteiger partial charge in [0.1, 0.15) is 0 Å². The molecule has 2 N–H and O–H groups in total. The Morgan fingerprint density at radius 3 is 2.57 bits per heavy atom. The molecule has 1 heterocycles. The highest BCUT2D eigenvalue weighted by Crippen LogP contribution is 2.16. The van der Waals surface area contributed by atoms with Crippen LogP contribution in [0.1, 0.15) is 22.2 Å². The van der Waals surface area contributed by atoms with Crippen LogP contribution in [0.2, 0.25) is 0 Å². The van der Waals surface area contributed by atoms with Gasteiger partial charge in [0.15, 0.2) is 5.96 Å². The molecule has 4 heteroatoms. The van der Waals surface area contributed by atoms with E-state index in [1.54, 1.807) is 0 Å². The van der Waals surface area contributed by atoms with Gasteiger partial charge in [-0.3, -0.25) is 4.99 Å². The number of hydrogen-bond acceptors (Lipinski definition) is 2. The van der Waals surface area contributed by atoms with Gasteiger partial charge in [-0.1, -0.05) is 30.3 Å². The molecule has 112 valence electrons. The normalized spacial score (nSPS) is 13.0. The lowest BCUT2D eigenvalue weighted by Crippen LogP contribution is -2.42. The molecular formula is C17H23N3S. The van der Waals surface area contributed by atoms with Crippen molar-refractivity contribution in [1.82, 2.24) is 10.6 Å². The van der Waals surface area contributed by atoms with Gasteiger partial charge in [-0.15, -0.1) is 11.3 Å². The van der Waals surface area contributed by atoms with E-state index in [0.29, 0.717) is 6.04 Å². The maximum absolute atomic E-state index is 4.29. The zero-order valence-corrected chi connectivity index (χ0v) is 13.7. The van der Waals surface area contributed by atoms with Crippen LogP contribution in [0.4, 0.5) is 0 Å². The lowest BCUT2D eigenvalue weighted by molar-refractivity contribution is 0.645. The molecule has 1 atom stereocenters. The minimum absolute atomic E-state index is 0.352. The number of thiophene rings is 1. The van der Waals surface area contributed by atoms with Gasteiger partial charge in [0.05, 0.1) is 0 Å². The summed E-state index contributed by atoms with van der Waals surface area (Å²) in [5.74, 6) is 0.847. The van der Waals surface area contributed by atoms with Crippen molar-refractivity contribution in [2.45, 2.75) is 32.9 Å². The SMILES string of the molecule is CN=C(NCc1ccccc1)NC(C)Cc1ccc(C)s1. The van der Waals surface area contributed by atoms with Crippen LogP contribution in [0.5, 0.6) is 0 Å². The molecule has 1 aromatic carbocycles. The van der Waals surface area contributed by atoms with E-state index in [1.807, 2.05) is 24.5 Å². The first-order chi connectivity index (χ1) is 10.2. The van der Waals surface area contributed by atoms with Crippen LogP contribution in [-0.2, 0) is 13.0 Å². The first-order valence-electron chi connectivity index (χ1n) is 7.24. The van der Waals surface area contributed by atoms with Crippen molar-refractivity contribution >= 4 is 17.3 Å². The molecule has 3 nitrogen and oxygen atoms in total. The molecule has 1 aromatic heterocycles. The largest absolute Gasteiger partial charge is 0.354 e. The number of rotatable bonds is 5. The number of nitrogens with zero attached hydrogens (tertiary/aromatic N) is 1. The average molecular weight is 301 g/mol. The highest BCUT2D eigenvalue weighted by atomic mass is 32.1. The van der Waals surface area contributed by atoms with Crippen LogP contribution < -0.4 is 10.6 Å². The molecule has 1 unspecified atom stereocenters. The van der Waals surface area contributed by atoms with Gasteiger partial charge >= 0.3 is 0 Å². The van der Waals surface area contributed by atoms with E-state index in [2.05, 4.69) is 65.9 Å². The molecular weight excluding hydrogens is 278 g/mol. The quantitative estimate of drug-likeness (QED) is 0.656. The number of aryl methyl sites for hydroxylation is 1. The second-order valence-corrected chi connectivity index (χ2v) is 6.55. The van der Waals surface area contributed by atoms with Crippen molar-refractivity contribution in [3.8, 4) is 0 Å². The number of aliphatic imine (C=N–C) groups is 1. The Bertz CT molecular complexity index is 575. The van der Waals surface area contributed by atoms with Gasteiger partial charge in [-0.25, -0.2) is 0 Å². The highest BCUT2D eigenvalue weighted by Gasteiger charge is 2.07.